The first-order chi connectivity index (χ1) is 9.13. The van der Waals surface area contributed by atoms with E-state index in [4.69, 9.17) is 14.2 Å². The molecule has 0 aliphatic carbocycles. The second-order valence-corrected chi connectivity index (χ2v) is 5.22. The van der Waals surface area contributed by atoms with E-state index in [1.54, 1.807) is 0 Å². The van der Waals surface area contributed by atoms with Gasteiger partial charge >= 0.3 is 5.97 Å². The smallest absolute Gasteiger partial charge is 0.323 e. The average Bonchev–Trinajstić information content (AvgIpc) is 2.86. The molecule has 1 aliphatic rings. The quantitative estimate of drug-likeness (QED) is 0.508. The largest absolute Gasteiger partial charge is 0.465 e. The summed E-state index contributed by atoms with van der Waals surface area (Å²) in [5.74, 6) is 0.322. The molecule has 0 saturated carbocycles. The van der Waals surface area contributed by atoms with E-state index in [1.165, 1.54) is 0 Å². The average molecular weight is 273 g/mol. The molecule has 0 aromatic heterocycles. The fourth-order valence-electron chi connectivity index (χ4n) is 2.08. The minimum Gasteiger partial charge on any atom is -0.465 e. The molecule has 112 valence electrons. The normalized spacial score (nSPS) is 20.7. The molecule has 2 atom stereocenters. The van der Waals surface area contributed by atoms with Gasteiger partial charge < -0.3 is 19.5 Å². The first kappa shape index (κ1) is 16.4. The van der Waals surface area contributed by atoms with Crippen LogP contribution < -0.4 is 5.32 Å². The van der Waals surface area contributed by atoms with Gasteiger partial charge in [-0.2, -0.15) is 0 Å². The molecule has 1 heterocycles. The predicted octanol–water partition coefficient (Wildman–Crippen LogP) is 1.36. The summed E-state index contributed by atoms with van der Waals surface area (Å²) in [5, 5.41) is 3.21. The van der Waals surface area contributed by atoms with E-state index in [0.29, 0.717) is 25.6 Å². The van der Waals surface area contributed by atoms with Gasteiger partial charge in [-0.1, -0.05) is 13.8 Å². The van der Waals surface area contributed by atoms with Crippen LogP contribution >= 0.6 is 0 Å². The molecule has 1 aliphatic heterocycles. The minimum absolute atomic E-state index is 0.191. The Morgan fingerprint density at radius 3 is 2.84 bits per heavy atom. The van der Waals surface area contributed by atoms with Gasteiger partial charge in [0.15, 0.2) is 0 Å². The molecular weight excluding hydrogens is 246 g/mol. The molecule has 5 heteroatoms. The van der Waals surface area contributed by atoms with Crippen LogP contribution in [0, 0.1) is 5.92 Å². The number of ether oxygens (including phenoxy) is 3. The summed E-state index contributed by atoms with van der Waals surface area (Å²) in [7, 11) is 0. The summed E-state index contributed by atoms with van der Waals surface area (Å²) in [6.45, 7) is 9.19. The Labute approximate surface area is 116 Å². The van der Waals surface area contributed by atoms with Crippen LogP contribution in [-0.2, 0) is 19.0 Å². The Morgan fingerprint density at radius 1 is 1.47 bits per heavy atom. The summed E-state index contributed by atoms with van der Waals surface area (Å²) in [6, 6.07) is -0.0302. The molecule has 0 bridgehead atoms. The molecule has 2 unspecified atom stereocenters. The van der Waals surface area contributed by atoms with Crippen molar-refractivity contribution in [1.29, 1.82) is 0 Å². The lowest BCUT2D eigenvalue weighted by Gasteiger charge is -2.20. The van der Waals surface area contributed by atoms with Crippen LogP contribution in [-0.4, -0.2) is 51.1 Å². The highest BCUT2D eigenvalue weighted by Gasteiger charge is 2.21. The standard InChI is InChI=1S/C14H27NO4/c1-4-19-14(16)13(15-11(2)3)6-8-18-10-12-5-7-17-9-12/h11-13,15H,4-10H2,1-3H3. The second-order valence-electron chi connectivity index (χ2n) is 5.22. The zero-order valence-corrected chi connectivity index (χ0v) is 12.3. The second kappa shape index (κ2) is 9.28. The van der Waals surface area contributed by atoms with E-state index in [1.807, 2.05) is 20.8 Å². The van der Waals surface area contributed by atoms with Crippen LogP contribution in [0.25, 0.3) is 0 Å². The van der Waals surface area contributed by atoms with Crippen molar-refractivity contribution in [2.45, 2.75) is 45.7 Å². The van der Waals surface area contributed by atoms with Crippen LogP contribution in [0.3, 0.4) is 0 Å². The SMILES string of the molecule is CCOC(=O)C(CCOCC1CCOC1)NC(C)C. The molecule has 1 saturated heterocycles. The Kier molecular flexibility index (Phi) is 8.02. The fraction of sp³-hybridized carbons (Fsp3) is 0.929. The molecule has 0 amide bonds. The zero-order valence-electron chi connectivity index (χ0n) is 12.3. The number of esters is 1. The molecule has 0 aromatic carbocycles. The first-order valence-electron chi connectivity index (χ1n) is 7.21. The maximum absolute atomic E-state index is 11.8. The van der Waals surface area contributed by atoms with Gasteiger partial charge in [-0.05, 0) is 19.8 Å². The maximum atomic E-state index is 11.8. The summed E-state index contributed by atoms with van der Waals surface area (Å²) in [6.07, 6.45) is 1.72. The zero-order chi connectivity index (χ0) is 14.1. The van der Waals surface area contributed by atoms with Crippen molar-refractivity contribution < 1.29 is 19.0 Å². The minimum atomic E-state index is -0.278. The maximum Gasteiger partial charge on any atom is 0.323 e. The third-order valence-corrected chi connectivity index (χ3v) is 3.03. The van der Waals surface area contributed by atoms with Crippen molar-refractivity contribution in [3.05, 3.63) is 0 Å². The number of nitrogens with one attached hydrogen (secondary N) is 1. The van der Waals surface area contributed by atoms with E-state index >= 15 is 0 Å². The van der Waals surface area contributed by atoms with E-state index < -0.39 is 0 Å². The molecule has 19 heavy (non-hydrogen) atoms. The fourth-order valence-corrected chi connectivity index (χ4v) is 2.08. The van der Waals surface area contributed by atoms with Crippen LogP contribution in [0.15, 0.2) is 0 Å². The van der Waals surface area contributed by atoms with E-state index in [2.05, 4.69) is 5.32 Å². The number of rotatable bonds is 9. The lowest BCUT2D eigenvalue weighted by atomic mass is 10.1. The number of carbonyl (C=O) groups is 1. The molecule has 0 spiro atoms. The van der Waals surface area contributed by atoms with Gasteiger partial charge in [0.2, 0.25) is 0 Å². The Hall–Kier alpha value is -0.650. The van der Waals surface area contributed by atoms with Crippen molar-refractivity contribution in [3.63, 3.8) is 0 Å². The van der Waals surface area contributed by atoms with Gasteiger partial charge in [0.1, 0.15) is 6.04 Å². The molecule has 1 N–H and O–H groups in total. The van der Waals surface area contributed by atoms with Gasteiger partial charge in [0, 0.05) is 25.2 Å². The molecule has 0 aromatic rings. The monoisotopic (exact) mass is 273 g/mol. The first-order valence-corrected chi connectivity index (χ1v) is 7.21. The predicted molar refractivity (Wildman–Crippen MR) is 73.1 cm³/mol. The third kappa shape index (κ3) is 6.89. The lowest BCUT2D eigenvalue weighted by Crippen LogP contribution is -2.42. The Balaban J connectivity index is 2.21. The van der Waals surface area contributed by atoms with Gasteiger partial charge in [0.05, 0.1) is 19.8 Å². The van der Waals surface area contributed by atoms with Crippen LogP contribution in [0.5, 0.6) is 0 Å². The Bertz CT molecular complexity index is 252. The summed E-state index contributed by atoms with van der Waals surface area (Å²) < 4.78 is 16.0. The van der Waals surface area contributed by atoms with Crippen LogP contribution in [0.1, 0.15) is 33.6 Å². The lowest BCUT2D eigenvalue weighted by molar-refractivity contribution is -0.146. The number of hydrogen-bond acceptors (Lipinski definition) is 5. The van der Waals surface area contributed by atoms with E-state index in [0.717, 1.165) is 26.2 Å². The molecular formula is C14H27NO4. The molecule has 1 fully saturated rings. The van der Waals surface area contributed by atoms with Gasteiger partial charge in [-0.3, -0.25) is 4.79 Å². The van der Waals surface area contributed by atoms with Gasteiger partial charge in [-0.15, -0.1) is 0 Å². The number of hydrogen-bond donors (Lipinski definition) is 1. The Morgan fingerprint density at radius 2 is 2.26 bits per heavy atom. The molecule has 0 radical (unpaired) electrons. The van der Waals surface area contributed by atoms with Crippen molar-refractivity contribution in [2.24, 2.45) is 5.92 Å². The van der Waals surface area contributed by atoms with Crippen LogP contribution in [0.4, 0.5) is 0 Å². The van der Waals surface area contributed by atoms with Crippen LogP contribution in [0.2, 0.25) is 0 Å². The third-order valence-electron chi connectivity index (χ3n) is 3.03. The highest BCUT2D eigenvalue weighted by Crippen LogP contribution is 2.12. The highest BCUT2D eigenvalue weighted by atomic mass is 16.5. The molecule has 1 rings (SSSR count). The topological polar surface area (TPSA) is 56.8 Å². The van der Waals surface area contributed by atoms with Crippen molar-refractivity contribution in [2.75, 3.05) is 33.0 Å². The van der Waals surface area contributed by atoms with E-state index in [-0.39, 0.29) is 18.1 Å². The van der Waals surface area contributed by atoms with Crippen molar-refractivity contribution >= 4 is 5.97 Å². The summed E-state index contributed by atoms with van der Waals surface area (Å²) >= 11 is 0. The van der Waals surface area contributed by atoms with Crippen molar-refractivity contribution in [1.82, 2.24) is 5.32 Å². The van der Waals surface area contributed by atoms with Gasteiger partial charge in [-0.25, -0.2) is 0 Å². The highest BCUT2D eigenvalue weighted by molar-refractivity contribution is 5.75. The van der Waals surface area contributed by atoms with Crippen molar-refractivity contribution in [3.8, 4) is 0 Å². The number of carbonyl (C=O) groups excluding carboxylic acids is 1. The summed E-state index contributed by atoms with van der Waals surface area (Å²) in [5.41, 5.74) is 0. The summed E-state index contributed by atoms with van der Waals surface area (Å²) in [4.78, 5) is 11.8. The van der Waals surface area contributed by atoms with Gasteiger partial charge in [0.25, 0.3) is 0 Å². The molecule has 5 nitrogen and oxygen atoms in total. The van der Waals surface area contributed by atoms with E-state index in [9.17, 15) is 4.79 Å².